The number of nitrogens with zero attached hydrogens (tertiary/aromatic N) is 1. The van der Waals surface area contributed by atoms with E-state index in [2.05, 4.69) is 6.92 Å². The van der Waals surface area contributed by atoms with Gasteiger partial charge in [0.15, 0.2) is 6.10 Å². The second kappa shape index (κ2) is 8.37. The minimum atomic E-state index is -0.897. The summed E-state index contributed by atoms with van der Waals surface area (Å²) < 4.78 is 24.6. The zero-order chi connectivity index (χ0) is 19.4. The van der Waals surface area contributed by atoms with Crippen molar-refractivity contribution in [3.63, 3.8) is 0 Å². The molecule has 3 rings (SSSR count). The Morgan fingerprint density at radius 3 is 2.78 bits per heavy atom. The zero-order valence-electron chi connectivity index (χ0n) is 15.6. The molecule has 2 atom stereocenters. The SMILES string of the molecule is CC[C@@H]1CCCCN1C(=O)[C@H](C)OC(=O)c1ccc(-c2ccccc2F)o1. The molecule has 6 heteroatoms. The van der Waals surface area contributed by atoms with Crippen LogP contribution in [-0.4, -0.2) is 35.5 Å². The highest BCUT2D eigenvalue weighted by atomic mass is 19.1. The van der Waals surface area contributed by atoms with E-state index in [1.807, 2.05) is 4.90 Å². The summed E-state index contributed by atoms with van der Waals surface area (Å²) in [5.74, 6) is -1.18. The van der Waals surface area contributed by atoms with Crippen LogP contribution in [0.2, 0.25) is 0 Å². The summed E-state index contributed by atoms with van der Waals surface area (Å²) in [7, 11) is 0. The molecular formula is C21H24FNO4. The van der Waals surface area contributed by atoms with Gasteiger partial charge in [-0.2, -0.15) is 0 Å². The number of ether oxygens (including phenoxy) is 1. The minimum absolute atomic E-state index is 0.0569. The van der Waals surface area contributed by atoms with Crippen molar-refractivity contribution < 1.29 is 23.1 Å². The van der Waals surface area contributed by atoms with Gasteiger partial charge in [0.1, 0.15) is 11.6 Å². The highest BCUT2D eigenvalue weighted by Crippen LogP contribution is 2.26. The standard InChI is InChI=1S/C21H24FNO4/c1-3-15-8-6-7-13-23(15)20(24)14(2)26-21(25)19-12-11-18(27-19)16-9-4-5-10-17(16)22/h4-5,9-12,14-15H,3,6-8,13H2,1-2H3/t14-,15+/m0/s1. The number of likely N-dealkylation sites (tertiary alicyclic amines) is 1. The molecule has 27 heavy (non-hydrogen) atoms. The lowest BCUT2D eigenvalue weighted by molar-refractivity contribution is -0.143. The van der Waals surface area contributed by atoms with Gasteiger partial charge in [0.25, 0.3) is 5.91 Å². The van der Waals surface area contributed by atoms with E-state index in [0.717, 1.165) is 25.7 Å². The third-order valence-electron chi connectivity index (χ3n) is 4.96. The van der Waals surface area contributed by atoms with Crippen molar-refractivity contribution in [3.05, 3.63) is 48.0 Å². The van der Waals surface area contributed by atoms with Crippen molar-refractivity contribution in [2.24, 2.45) is 0 Å². The Hall–Kier alpha value is -2.63. The van der Waals surface area contributed by atoms with E-state index in [9.17, 15) is 14.0 Å². The van der Waals surface area contributed by atoms with Gasteiger partial charge in [0, 0.05) is 12.6 Å². The summed E-state index contributed by atoms with van der Waals surface area (Å²) in [5.41, 5.74) is 0.264. The fraction of sp³-hybridized carbons (Fsp3) is 0.429. The van der Waals surface area contributed by atoms with Gasteiger partial charge in [-0.3, -0.25) is 4.79 Å². The van der Waals surface area contributed by atoms with Crippen molar-refractivity contribution in [1.29, 1.82) is 0 Å². The fourth-order valence-electron chi connectivity index (χ4n) is 3.47. The Labute approximate surface area is 158 Å². The smallest absolute Gasteiger partial charge is 0.375 e. The number of rotatable bonds is 5. The molecule has 0 aliphatic carbocycles. The van der Waals surface area contributed by atoms with E-state index in [1.54, 1.807) is 25.1 Å². The third-order valence-corrected chi connectivity index (χ3v) is 4.96. The Bertz CT molecular complexity index is 816. The Morgan fingerprint density at radius 1 is 1.26 bits per heavy atom. The highest BCUT2D eigenvalue weighted by molar-refractivity contribution is 5.90. The highest BCUT2D eigenvalue weighted by Gasteiger charge is 2.31. The van der Waals surface area contributed by atoms with Crippen LogP contribution in [0.3, 0.4) is 0 Å². The lowest BCUT2D eigenvalue weighted by atomic mass is 9.99. The van der Waals surface area contributed by atoms with Crippen molar-refractivity contribution >= 4 is 11.9 Å². The van der Waals surface area contributed by atoms with Gasteiger partial charge in [-0.1, -0.05) is 19.1 Å². The summed E-state index contributed by atoms with van der Waals surface area (Å²) in [6, 6.07) is 9.28. The molecule has 144 valence electrons. The van der Waals surface area contributed by atoms with Crippen molar-refractivity contribution in [2.45, 2.75) is 51.7 Å². The number of halogens is 1. The predicted octanol–water partition coefficient (Wildman–Crippen LogP) is 4.42. The number of carbonyl (C=O) groups is 2. The van der Waals surface area contributed by atoms with Crippen molar-refractivity contribution in [2.75, 3.05) is 6.54 Å². The van der Waals surface area contributed by atoms with E-state index in [-0.39, 0.29) is 29.0 Å². The van der Waals surface area contributed by atoms with Gasteiger partial charge in [-0.15, -0.1) is 0 Å². The van der Waals surface area contributed by atoms with E-state index in [4.69, 9.17) is 9.15 Å². The number of hydrogen-bond donors (Lipinski definition) is 0. The van der Waals surface area contributed by atoms with Crippen LogP contribution in [0.15, 0.2) is 40.8 Å². The van der Waals surface area contributed by atoms with Crippen molar-refractivity contribution in [3.8, 4) is 11.3 Å². The molecular weight excluding hydrogens is 349 g/mol. The molecule has 0 radical (unpaired) electrons. The molecule has 2 heterocycles. The molecule has 1 aliphatic heterocycles. The molecule has 0 unspecified atom stereocenters. The lowest BCUT2D eigenvalue weighted by Gasteiger charge is -2.36. The van der Waals surface area contributed by atoms with Crippen LogP contribution in [0.5, 0.6) is 0 Å². The summed E-state index contributed by atoms with van der Waals surface area (Å²) in [5, 5.41) is 0. The molecule has 0 saturated carbocycles. The monoisotopic (exact) mass is 373 g/mol. The first kappa shape index (κ1) is 19.1. The number of carbonyl (C=O) groups excluding carboxylic acids is 2. The zero-order valence-corrected chi connectivity index (χ0v) is 15.6. The number of furan rings is 1. The third kappa shape index (κ3) is 4.21. The molecule has 2 aromatic rings. The number of esters is 1. The average Bonchev–Trinajstić information content (AvgIpc) is 3.17. The molecule has 1 aromatic carbocycles. The van der Waals surface area contributed by atoms with Gasteiger partial charge in [0.2, 0.25) is 5.76 Å². The van der Waals surface area contributed by atoms with Gasteiger partial charge in [0.05, 0.1) is 5.56 Å². The van der Waals surface area contributed by atoms with Crippen LogP contribution in [0.4, 0.5) is 4.39 Å². The second-order valence-corrected chi connectivity index (χ2v) is 6.78. The van der Waals surface area contributed by atoms with E-state index < -0.39 is 17.9 Å². The van der Waals surface area contributed by atoms with Gasteiger partial charge in [-0.05, 0) is 56.9 Å². The van der Waals surface area contributed by atoms with Crippen LogP contribution in [0, 0.1) is 5.82 Å². The van der Waals surface area contributed by atoms with Gasteiger partial charge >= 0.3 is 5.97 Å². The average molecular weight is 373 g/mol. The van der Waals surface area contributed by atoms with Crippen LogP contribution < -0.4 is 0 Å². The number of benzene rings is 1. The molecule has 0 spiro atoms. The maximum atomic E-state index is 13.9. The van der Waals surface area contributed by atoms with E-state index in [1.165, 1.54) is 18.2 Å². The summed E-state index contributed by atoms with van der Waals surface area (Å²) >= 11 is 0. The molecule has 0 N–H and O–H groups in total. The normalized spacial score (nSPS) is 18.2. The quantitative estimate of drug-likeness (QED) is 0.728. The lowest BCUT2D eigenvalue weighted by Crippen LogP contribution is -2.48. The maximum Gasteiger partial charge on any atom is 0.375 e. The first-order valence-electron chi connectivity index (χ1n) is 9.37. The summed E-state index contributed by atoms with van der Waals surface area (Å²) in [6.45, 7) is 4.32. The predicted molar refractivity (Wildman–Crippen MR) is 98.6 cm³/mol. The van der Waals surface area contributed by atoms with Gasteiger partial charge < -0.3 is 14.1 Å². The van der Waals surface area contributed by atoms with E-state index in [0.29, 0.717) is 6.54 Å². The number of amides is 1. The molecule has 5 nitrogen and oxygen atoms in total. The Morgan fingerprint density at radius 2 is 2.04 bits per heavy atom. The fourth-order valence-corrected chi connectivity index (χ4v) is 3.47. The first-order chi connectivity index (χ1) is 13.0. The first-order valence-corrected chi connectivity index (χ1v) is 9.37. The number of piperidine rings is 1. The van der Waals surface area contributed by atoms with E-state index >= 15 is 0 Å². The minimum Gasteiger partial charge on any atom is -0.449 e. The largest absolute Gasteiger partial charge is 0.449 e. The van der Waals surface area contributed by atoms with Crippen molar-refractivity contribution in [1.82, 2.24) is 4.90 Å². The number of hydrogen-bond acceptors (Lipinski definition) is 4. The molecule has 1 fully saturated rings. The Balaban J connectivity index is 1.66. The van der Waals surface area contributed by atoms with Crippen LogP contribution in [0.25, 0.3) is 11.3 Å². The van der Waals surface area contributed by atoms with Gasteiger partial charge in [-0.25, -0.2) is 9.18 Å². The van der Waals surface area contributed by atoms with Crippen LogP contribution >= 0.6 is 0 Å². The molecule has 1 aliphatic rings. The molecule has 1 aromatic heterocycles. The topological polar surface area (TPSA) is 59.8 Å². The maximum absolute atomic E-state index is 13.9. The molecule has 1 amide bonds. The Kier molecular flexibility index (Phi) is 5.94. The second-order valence-electron chi connectivity index (χ2n) is 6.78. The molecule has 1 saturated heterocycles. The summed E-state index contributed by atoms with van der Waals surface area (Å²) in [6.07, 6.45) is 3.05. The molecule has 0 bridgehead atoms. The van der Waals surface area contributed by atoms with Crippen LogP contribution in [-0.2, 0) is 9.53 Å². The summed E-state index contributed by atoms with van der Waals surface area (Å²) in [4.78, 5) is 26.8. The van der Waals surface area contributed by atoms with Crippen LogP contribution in [0.1, 0.15) is 50.1 Å².